The third-order valence-corrected chi connectivity index (χ3v) is 3.61. The van der Waals surface area contributed by atoms with E-state index in [1.54, 1.807) is 13.4 Å². The lowest BCUT2D eigenvalue weighted by Gasteiger charge is -2.13. The Labute approximate surface area is 133 Å². The molecule has 1 N–H and O–H groups in total. The van der Waals surface area contributed by atoms with Crippen LogP contribution in [0.1, 0.15) is 11.3 Å². The number of ether oxygens (including phenoxy) is 2. The Bertz CT molecular complexity index is 572. The van der Waals surface area contributed by atoms with Gasteiger partial charge in [-0.2, -0.15) is 0 Å². The first-order valence-corrected chi connectivity index (χ1v) is 7.56. The van der Waals surface area contributed by atoms with E-state index in [-0.39, 0.29) is 0 Å². The first kappa shape index (κ1) is 16.0. The summed E-state index contributed by atoms with van der Waals surface area (Å²) in [6.07, 6.45) is 3.59. The van der Waals surface area contributed by atoms with Crippen LogP contribution in [0.3, 0.4) is 0 Å². The first-order chi connectivity index (χ1) is 10.2. The van der Waals surface area contributed by atoms with Gasteiger partial charge in [0.25, 0.3) is 0 Å². The molecule has 0 amide bonds. The third-order valence-electron chi connectivity index (χ3n) is 3.11. The van der Waals surface area contributed by atoms with E-state index in [1.807, 2.05) is 29.9 Å². The predicted molar refractivity (Wildman–Crippen MR) is 85.3 cm³/mol. The summed E-state index contributed by atoms with van der Waals surface area (Å²) >= 11 is 3.50. The van der Waals surface area contributed by atoms with Gasteiger partial charge in [0, 0.05) is 37.3 Å². The summed E-state index contributed by atoms with van der Waals surface area (Å²) in [6, 6.07) is 6.03. The molecule has 2 aromatic rings. The lowest BCUT2D eigenvalue weighted by Crippen LogP contribution is -2.19. The second-order valence-electron chi connectivity index (χ2n) is 4.71. The summed E-state index contributed by atoms with van der Waals surface area (Å²) in [5.74, 6) is 0.879. The molecule has 0 unspecified atom stereocenters. The van der Waals surface area contributed by atoms with Crippen molar-refractivity contribution in [3.8, 4) is 5.75 Å². The standard InChI is InChI=1S/C15H20BrN3O2/c1-19-11-18-9-14(19)10-21-15-4-3-13(16)7-12(15)8-17-5-6-20-2/h3-4,7,9,11,17H,5-6,8,10H2,1-2H3. The molecule has 21 heavy (non-hydrogen) atoms. The number of benzene rings is 1. The molecule has 1 aromatic heterocycles. The monoisotopic (exact) mass is 353 g/mol. The van der Waals surface area contributed by atoms with Gasteiger partial charge in [0.2, 0.25) is 0 Å². The molecule has 6 heteroatoms. The summed E-state index contributed by atoms with van der Waals surface area (Å²) < 4.78 is 13.9. The van der Waals surface area contributed by atoms with E-state index in [0.717, 1.165) is 34.6 Å². The number of rotatable bonds is 8. The van der Waals surface area contributed by atoms with Crippen LogP contribution in [0.4, 0.5) is 0 Å². The number of imidazole rings is 1. The van der Waals surface area contributed by atoms with Crippen molar-refractivity contribution < 1.29 is 9.47 Å². The van der Waals surface area contributed by atoms with E-state index >= 15 is 0 Å². The van der Waals surface area contributed by atoms with Gasteiger partial charge in [-0.25, -0.2) is 4.98 Å². The maximum Gasteiger partial charge on any atom is 0.130 e. The quantitative estimate of drug-likeness (QED) is 0.740. The third kappa shape index (κ3) is 4.84. The Morgan fingerprint density at radius 1 is 1.38 bits per heavy atom. The van der Waals surface area contributed by atoms with Gasteiger partial charge in [0.05, 0.1) is 24.8 Å². The number of hydrogen-bond donors (Lipinski definition) is 1. The molecule has 0 saturated carbocycles. The van der Waals surface area contributed by atoms with Crippen LogP contribution in [0.25, 0.3) is 0 Å². The normalized spacial score (nSPS) is 10.8. The SMILES string of the molecule is COCCNCc1cc(Br)ccc1OCc1cncn1C. The summed E-state index contributed by atoms with van der Waals surface area (Å²) in [6.45, 7) is 2.75. The second-order valence-corrected chi connectivity index (χ2v) is 5.62. The summed E-state index contributed by atoms with van der Waals surface area (Å²) in [4.78, 5) is 4.09. The zero-order valence-electron chi connectivity index (χ0n) is 12.3. The van der Waals surface area contributed by atoms with Gasteiger partial charge in [-0.15, -0.1) is 0 Å². The maximum absolute atomic E-state index is 5.92. The largest absolute Gasteiger partial charge is 0.487 e. The van der Waals surface area contributed by atoms with Gasteiger partial charge in [-0.05, 0) is 18.2 Å². The minimum Gasteiger partial charge on any atom is -0.487 e. The highest BCUT2D eigenvalue weighted by Crippen LogP contribution is 2.24. The van der Waals surface area contributed by atoms with Gasteiger partial charge >= 0.3 is 0 Å². The van der Waals surface area contributed by atoms with E-state index in [0.29, 0.717) is 13.2 Å². The lowest BCUT2D eigenvalue weighted by molar-refractivity contribution is 0.199. The average molecular weight is 354 g/mol. The molecule has 0 fully saturated rings. The van der Waals surface area contributed by atoms with Crippen LogP contribution in [-0.2, 0) is 24.9 Å². The Kier molecular flexibility index (Phi) is 6.22. The fourth-order valence-electron chi connectivity index (χ4n) is 1.90. The van der Waals surface area contributed by atoms with Crippen molar-refractivity contribution in [2.45, 2.75) is 13.2 Å². The highest BCUT2D eigenvalue weighted by molar-refractivity contribution is 9.10. The van der Waals surface area contributed by atoms with E-state index in [4.69, 9.17) is 9.47 Å². The molecular formula is C15H20BrN3O2. The van der Waals surface area contributed by atoms with Gasteiger partial charge in [-0.1, -0.05) is 15.9 Å². The molecule has 1 heterocycles. The van der Waals surface area contributed by atoms with E-state index < -0.39 is 0 Å². The molecule has 0 radical (unpaired) electrons. The van der Waals surface area contributed by atoms with Crippen LogP contribution >= 0.6 is 15.9 Å². The molecule has 2 rings (SSSR count). The Hall–Kier alpha value is -1.37. The molecule has 0 bridgehead atoms. The van der Waals surface area contributed by atoms with Crippen molar-refractivity contribution in [3.05, 3.63) is 46.5 Å². The number of aryl methyl sites for hydroxylation is 1. The highest BCUT2D eigenvalue weighted by Gasteiger charge is 2.06. The molecule has 0 spiro atoms. The minimum atomic E-state index is 0.503. The number of nitrogens with zero attached hydrogens (tertiary/aromatic N) is 2. The number of halogens is 1. The van der Waals surface area contributed by atoms with Crippen LogP contribution < -0.4 is 10.1 Å². The number of methoxy groups -OCH3 is 1. The van der Waals surface area contributed by atoms with Gasteiger partial charge in [-0.3, -0.25) is 0 Å². The smallest absolute Gasteiger partial charge is 0.130 e. The first-order valence-electron chi connectivity index (χ1n) is 6.77. The predicted octanol–water partition coefficient (Wildman–Crippen LogP) is 2.50. The molecule has 5 nitrogen and oxygen atoms in total. The van der Waals surface area contributed by atoms with Crippen molar-refractivity contribution in [2.75, 3.05) is 20.3 Å². The van der Waals surface area contributed by atoms with Crippen molar-refractivity contribution in [1.29, 1.82) is 0 Å². The second kappa shape index (κ2) is 8.17. The Morgan fingerprint density at radius 3 is 2.95 bits per heavy atom. The zero-order valence-corrected chi connectivity index (χ0v) is 13.9. The summed E-state index contributed by atoms with van der Waals surface area (Å²) in [7, 11) is 3.66. The van der Waals surface area contributed by atoms with Crippen molar-refractivity contribution in [3.63, 3.8) is 0 Å². The van der Waals surface area contributed by atoms with Crippen molar-refractivity contribution in [2.24, 2.45) is 7.05 Å². The molecule has 0 atom stereocenters. The zero-order chi connectivity index (χ0) is 15.1. The van der Waals surface area contributed by atoms with Gasteiger partial charge in [0.1, 0.15) is 12.4 Å². The van der Waals surface area contributed by atoms with E-state index in [9.17, 15) is 0 Å². The highest BCUT2D eigenvalue weighted by atomic mass is 79.9. The van der Waals surface area contributed by atoms with Crippen LogP contribution in [0.15, 0.2) is 35.2 Å². The molecule has 0 aliphatic rings. The van der Waals surface area contributed by atoms with Crippen LogP contribution in [0.2, 0.25) is 0 Å². The number of aromatic nitrogens is 2. The number of nitrogens with one attached hydrogen (secondary N) is 1. The van der Waals surface area contributed by atoms with Crippen LogP contribution in [0.5, 0.6) is 5.75 Å². The number of hydrogen-bond acceptors (Lipinski definition) is 4. The molecule has 114 valence electrons. The fourth-order valence-corrected chi connectivity index (χ4v) is 2.31. The molecule has 1 aromatic carbocycles. The van der Waals surface area contributed by atoms with Gasteiger partial charge < -0.3 is 19.4 Å². The topological polar surface area (TPSA) is 48.3 Å². The van der Waals surface area contributed by atoms with Crippen molar-refractivity contribution >= 4 is 15.9 Å². The van der Waals surface area contributed by atoms with E-state index in [2.05, 4.69) is 32.3 Å². The van der Waals surface area contributed by atoms with Crippen molar-refractivity contribution in [1.82, 2.24) is 14.9 Å². The molecule has 0 saturated heterocycles. The lowest BCUT2D eigenvalue weighted by atomic mass is 10.2. The molecular weight excluding hydrogens is 334 g/mol. The average Bonchev–Trinajstić information content (AvgIpc) is 2.88. The summed E-state index contributed by atoms with van der Waals surface area (Å²) in [5, 5.41) is 3.33. The Balaban J connectivity index is 1.99. The maximum atomic E-state index is 5.92. The van der Waals surface area contributed by atoms with E-state index in [1.165, 1.54) is 0 Å². The molecule has 0 aliphatic heterocycles. The van der Waals surface area contributed by atoms with Crippen LogP contribution in [0, 0.1) is 0 Å². The molecule has 0 aliphatic carbocycles. The Morgan fingerprint density at radius 2 is 2.24 bits per heavy atom. The van der Waals surface area contributed by atoms with Crippen LogP contribution in [-0.4, -0.2) is 29.8 Å². The fraction of sp³-hybridized carbons (Fsp3) is 0.400. The van der Waals surface area contributed by atoms with Gasteiger partial charge in [0.15, 0.2) is 0 Å². The summed E-state index contributed by atoms with van der Waals surface area (Å²) in [5.41, 5.74) is 2.15. The minimum absolute atomic E-state index is 0.503.